The van der Waals surface area contributed by atoms with Crippen LogP contribution in [0, 0.1) is 29.1 Å². The van der Waals surface area contributed by atoms with Gasteiger partial charge in [0.1, 0.15) is 28.9 Å². The Morgan fingerprint density at radius 1 is 1.24 bits per heavy atom. The summed E-state index contributed by atoms with van der Waals surface area (Å²) in [6.07, 6.45) is -1.07. The number of rotatable bonds is 3. The molecule has 5 atom stereocenters. The number of amides is 1. The number of aliphatic hydroxyl groups excluding tert-OH is 2. The van der Waals surface area contributed by atoms with Crippen molar-refractivity contribution in [3.8, 4) is 11.8 Å². The van der Waals surface area contributed by atoms with Gasteiger partial charge in [-0.1, -0.05) is 19.1 Å². The number of ketones is 3. The first-order valence-corrected chi connectivity index (χ1v) is 10.2. The van der Waals surface area contributed by atoms with Crippen molar-refractivity contribution in [1.82, 2.24) is 0 Å². The average molecular weight is 452 g/mol. The topological polar surface area (TPSA) is 199 Å². The van der Waals surface area contributed by atoms with Crippen LogP contribution in [0.5, 0.6) is 5.75 Å². The molecular weight excluding hydrogens is 432 g/mol. The largest absolute Gasteiger partial charge is 0.508 e. The van der Waals surface area contributed by atoms with E-state index in [1.807, 2.05) is 0 Å². The van der Waals surface area contributed by atoms with Crippen LogP contribution >= 0.6 is 0 Å². The molecule has 170 valence electrons. The van der Waals surface area contributed by atoms with E-state index in [-0.39, 0.29) is 16.9 Å². The SMILES string of the molecule is C[C@H]1c2cccc(O)c2C(O)=C2C(=O)[C@]3(O)C(O)=C(C(N)=O)C(=O)C[C@@H]3[C@@H](CC(=O)C#N)[C@@H]21. The molecule has 10 heteroatoms. The Bertz CT molecular complexity index is 1250. The number of primary amides is 1. The van der Waals surface area contributed by atoms with Crippen LogP contribution in [0.4, 0.5) is 0 Å². The molecule has 0 aliphatic heterocycles. The van der Waals surface area contributed by atoms with Gasteiger partial charge >= 0.3 is 0 Å². The summed E-state index contributed by atoms with van der Waals surface area (Å²) in [5.74, 6) is -10.4. The van der Waals surface area contributed by atoms with Crippen molar-refractivity contribution in [1.29, 1.82) is 5.26 Å². The molecular formula is C23H20N2O8. The maximum absolute atomic E-state index is 13.6. The maximum Gasteiger partial charge on any atom is 0.255 e. The fourth-order valence-corrected chi connectivity index (χ4v) is 5.70. The minimum absolute atomic E-state index is 0.0394. The lowest BCUT2D eigenvalue weighted by Gasteiger charge is -2.52. The van der Waals surface area contributed by atoms with Gasteiger partial charge in [-0.05, 0) is 23.5 Å². The number of Topliss-reactive ketones (excluding diaryl/α,β-unsaturated/α-hetero) is 3. The number of carbonyl (C=O) groups excluding carboxylic acids is 4. The normalized spacial score (nSPS) is 30.8. The Morgan fingerprint density at radius 3 is 2.52 bits per heavy atom. The van der Waals surface area contributed by atoms with Crippen LogP contribution in [-0.4, -0.2) is 49.3 Å². The van der Waals surface area contributed by atoms with Gasteiger partial charge in [0, 0.05) is 30.3 Å². The van der Waals surface area contributed by atoms with Crippen molar-refractivity contribution in [2.75, 3.05) is 0 Å². The van der Waals surface area contributed by atoms with Gasteiger partial charge in [-0.2, -0.15) is 5.26 Å². The van der Waals surface area contributed by atoms with Gasteiger partial charge < -0.3 is 26.2 Å². The standard InChI is InChI=1S/C23H20N2O8/c1-8-10-3-2-4-13(27)16(10)19(29)18-15(8)11(5-9(26)7-24)12-6-14(28)17(22(25)32)20(30)23(12,33)21(18)31/h2-4,8,11-12,15,27,29-30,33H,5-6H2,1H3,(H2,25,32)/t8-,11+,12+,15-,23+/m0/s1. The lowest BCUT2D eigenvalue weighted by Crippen LogP contribution is -2.62. The Hall–Kier alpha value is -3.97. The zero-order valence-corrected chi connectivity index (χ0v) is 17.4. The van der Waals surface area contributed by atoms with E-state index in [0.717, 1.165) is 0 Å². The highest BCUT2D eigenvalue weighted by Gasteiger charge is 2.65. The third-order valence-corrected chi connectivity index (χ3v) is 7.11. The first-order valence-electron chi connectivity index (χ1n) is 10.2. The minimum Gasteiger partial charge on any atom is -0.508 e. The van der Waals surface area contributed by atoms with Crippen molar-refractivity contribution in [3.63, 3.8) is 0 Å². The van der Waals surface area contributed by atoms with Crippen LogP contribution in [-0.2, 0) is 19.2 Å². The maximum atomic E-state index is 13.6. The summed E-state index contributed by atoms with van der Waals surface area (Å²) in [5.41, 5.74) is 1.48. The van der Waals surface area contributed by atoms with Gasteiger partial charge in [0.05, 0.1) is 5.56 Å². The number of hydrogen-bond donors (Lipinski definition) is 5. The molecule has 1 fully saturated rings. The molecule has 1 aromatic carbocycles. The summed E-state index contributed by atoms with van der Waals surface area (Å²) in [6.45, 7) is 1.69. The molecule has 6 N–H and O–H groups in total. The van der Waals surface area contributed by atoms with E-state index in [2.05, 4.69) is 0 Å². The van der Waals surface area contributed by atoms with Crippen molar-refractivity contribution in [2.45, 2.75) is 31.3 Å². The van der Waals surface area contributed by atoms with Crippen molar-refractivity contribution >= 4 is 29.0 Å². The number of aromatic hydroxyl groups is 1. The second kappa shape index (κ2) is 7.28. The van der Waals surface area contributed by atoms with E-state index in [9.17, 15) is 39.6 Å². The molecule has 4 rings (SSSR count). The van der Waals surface area contributed by atoms with Crippen molar-refractivity contribution in [3.05, 3.63) is 46.2 Å². The van der Waals surface area contributed by atoms with Crippen LogP contribution in [0.3, 0.4) is 0 Å². The fraction of sp³-hybridized carbons (Fsp3) is 0.348. The predicted octanol–water partition coefficient (Wildman–Crippen LogP) is 0.694. The minimum atomic E-state index is -2.83. The Morgan fingerprint density at radius 2 is 1.91 bits per heavy atom. The number of hydrogen-bond acceptors (Lipinski definition) is 9. The van der Waals surface area contributed by atoms with Crippen molar-refractivity contribution < 1.29 is 39.6 Å². The number of carbonyl (C=O) groups is 4. The molecule has 1 amide bonds. The molecule has 1 aromatic rings. The smallest absolute Gasteiger partial charge is 0.255 e. The lowest BCUT2D eigenvalue weighted by molar-refractivity contribution is -0.155. The molecule has 33 heavy (non-hydrogen) atoms. The number of fused-ring (bicyclic) bond motifs is 3. The second-order valence-corrected chi connectivity index (χ2v) is 8.64. The number of aliphatic hydroxyl groups is 3. The molecule has 1 saturated carbocycles. The fourth-order valence-electron chi connectivity index (χ4n) is 5.70. The van der Waals surface area contributed by atoms with Crippen molar-refractivity contribution in [2.24, 2.45) is 23.5 Å². The third kappa shape index (κ3) is 2.82. The average Bonchev–Trinajstić information content (AvgIpc) is 2.75. The molecule has 0 spiro atoms. The number of benzene rings is 1. The van der Waals surface area contributed by atoms with Crippen LogP contribution in [0.25, 0.3) is 5.76 Å². The highest BCUT2D eigenvalue weighted by molar-refractivity contribution is 6.23. The molecule has 0 bridgehead atoms. The zero-order chi connectivity index (χ0) is 24.4. The quantitative estimate of drug-likeness (QED) is 0.323. The monoisotopic (exact) mass is 452 g/mol. The van der Waals surface area contributed by atoms with E-state index in [1.54, 1.807) is 13.0 Å². The zero-order valence-electron chi connectivity index (χ0n) is 17.4. The predicted molar refractivity (Wildman–Crippen MR) is 110 cm³/mol. The summed E-state index contributed by atoms with van der Waals surface area (Å²) in [5, 5.41) is 52.6. The number of nitrogens with two attached hydrogens (primary N) is 1. The highest BCUT2D eigenvalue weighted by atomic mass is 16.3. The first-order chi connectivity index (χ1) is 15.5. The summed E-state index contributed by atoms with van der Waals surface area (Å²) in [4.78, 5) is 50.2. The summed E-state index contributed by atoms with van der Waals surface area (Å²) >= 11 is 0. The van der Waals surface area contributed by atoms with Gasteiger partial charge in [0.25, 0.3) is 5.91 Å². The molecule has 0 aromatic heterocycles. The van der Waals surface area contributed by atoms with E-state index < -0.39 is 82.5 Å². The molecule has 3 aliphatic carbocycles. The third-order valence-electron chi connectivity index (χ3n) is 7.11. The molecule has 0 radical (unpaired) electrons. The molecule has 0 unspecified atom stereocenters. The molecule has 0 heterocycles. The van der Waals surface area contributed by atoms with E-state index in [1.165, 1.54) is 18.2 Å². The van der Waals surface area contributed by atoms with Gasteiger partial charge in [0.2, 0.25) is 11.6 Å². The number of phenols is 1. The first kappa shape index (κ1) is 22.2. The van der Waals surface area contributed by atoms with Crippen LogP contribution in [0.2, 0.25) is 0 Å². The van der Waals surface area contributed by atoms with Crippen LogP contribution < -0.4 is 5.73 Å². The number of nitrogens with zero attached hydrogens (tertiary/aromatic N) is 1. The summed E-state index contributed by atoms with van der Waals surface area (Å²) in [7, 11) is 0. The molecule has 3 aliphatic rings. The van der Waals surface area contributed by atoms with E-state index in [4.69, 9.17) is 11.0 Å². The van der Waals surface area contributed by atoms with Gasteiger partial charge in [-0.25, -0.2) is 0 Å². The summed E-state index contributed by atoms with van der Waals surface area (Å²) in [6, 6.07) is 5.93. The van der Waals surface area contributed by atoms with E-state index in [0.29, 0.717) is 5.56 Å². The Kier molecular flexibility index (Phi) is 4.91. The lowest BCUT2D eigenvalue weighted by atomic mass is 9.51. The number of phenolic OH excluding ortho intramolecular Hbond substituents is 1. The van der Waals surface area contributed by atoms with E-state index >= 15 is 0 Å². The van der Waals surface area contributed by atoms with Gasteiger partial charge in [-0.3, -0.25) is 19.2 Å². The number of nitriles is 1. The molecule has 10 nitrogen and oxygen atoms in total. The Labute approximate surface area is 187 Å². The van der Waals surface area contributed by atoms with Gasteiger partial charge in [0.15, 0.2) is 11.4 Å². The Balaban J connectivity index is 2.06. The second-order valence-electron chi connectivity index (χ2n) is 8.64. The van der Waals surface area contributed by atoms with Crippen LogP contribution in [0.1, 0.15) is 36.8 Å². The van der Waals surface area contributed by atoms with Gasteiger partial charge in [-0.15, -0.1) is 0 Å². The van der Waals surface area contributed by atoms with Crippen LogP contribution in [0.15, 0.2) is 35.1 Å². The molecule has 0 saturated heterocycles. The summed E-state index contributed by atoms with van der Waals surface area (Å²) < 4.78 is 0. The highest BCUT2D eigenvalue weighted by Crippen LogP contribution is 2.58.